The Balaban J connectivity index is 1.74. The number of halogens is 3. The zero-order valence-electron chi connectivity index (χ0n) is 13.9. The summed E-state index contributed by atoms with van der Waals surface area (Å²) in [6.45, 7) is 0. The van der Waals surface area contributed by atoms with Crippen molar-refractivity contribution in [2.75, 3.05) is 0 Å². The first kappa shape index (κ1) is 19.4. The second-order valence-electron chi connectivity index (χ2n) is 6.36. The molecule has 0 spiro atoms. The van der Waals surface area contributed by atoms with Gasteiger partial charge in [-0.05, 0) is 25.0 Å². The smallest absolute Gasteiger partial charge is 0.355 e. The molecule has 26 heavy (non-hydrogen) atoms. The van der Waals surface area contributed by atoms with Gasteiger partial charge >= 0.3 is 6.18 Å². The summed E-state index contributed by atoms with van der Waals surface area (Å²) in [4.78, 5) is 0.283. The van der Waals surface area contributed by atoms with Gasteiger partial charge in [0, 0.05) is 12.1 Å². The number of hydrogen-bond acceptors (Lipinski definition) is 5. The summed E-state index contributed by atoms with van der Waals surface area (Å²) in [5, 5.41) is 2.99. The van der Waals surface area contributed by atoms with Crippen LogP contribution < -0.4 is 4.72 Å². The molecule has 0 aliphatic heterocycles. The Morgan fingerprint density at radius 1 is 1.12 bits per heavy atom. The molecule has 1 fully saturated rings. The van der Waals surface area contributed by atoms with Gasteiger partial charge in [-0.1, -0.05) is 37.3 Å². The van der Waals surface area contributed by atoms with E-state index >= 15 is 0 Å². The Labute approximate surface area is 153 Å². The molecule has 0 unspecified atom stereocenters. The van der Waals surface area contributed by atoms with Gasteiger partial charge in [-0.3, -0.25) is 0 Å². The summed E-state index contributed by atoms with van der Waals surface area (Å²) >= 11 is 0.863. The van der Waals surface area contributed by atoms with Crippen molar-refractivity contribution >= 4 is 21.4 Å². The van der Waals surface area contributed by atoms with E-state index in [1.54, 1.807) is 0 Å². The van der Waals surface area contributed by atoms with Crippen LogP contribution in [0.4, 0.5) is 13.2 Å². The first-order valence-corrected chi connectivity index (χ1v) is 10.7. The topological polar surface area (TPSA) is 72.2 Å². The molecule has 1 saturated carbocycles. The fourth-order valence-electron chi connectivity index (χ4n) is 2.97. The van der Waals surface area contributed by atoms with E-state index in [0.717, 1.165) is 55.9 Å². The summed E-state index contributed by atoms with van der Waals surface area (Å²) < 4.78 is 70.5. The molecule has 2 aromatic rings. The maximum Gasteiger partial charge on any atom is 0.436 e. The zero-order valence-corrected chi connectivity index (χ0v) is 15.5. The van der Waals surface area contributed by atoms with Crippen molar-refractivity contribution in [2.45, 2.75) is 61.4 Å². The molecular formula is C16H19F3N2O3S2. The molecule has 0 aromatic carbocycles. The summed E-state index contributed by atoms with van der Waals surface area (Å²) in [5.41, 5.74) is -1.14. The zero-order chi connectivity index (χ0) is 18.8. The average Bonchev–Trinajstić information content (AvgIpc) is 3.17. The lowest BCUT2D eigenvalue weighted by Crippen LogP contribution is -2.34. The highest BCUT2D eigenvalue weighted by molar-refractivity contribution is 7.91. The average molecular weight is 408 g/mol. The summed E-state index contributed by atoms with van der Waals surface area (Å²) in [7, 11) is -3.71. The lowest BCUT2D eigenvalue weighted by molar-refractivity contribution is -0.142. The largest absolute Gasteiger partial charge is 0.436 e. The second-order valence-corrected chi connectivity index (χ2v) is 9.38. The summed E-state index contributed by atoms with van der Waals surface area (Å²) in [5.74, 6) is -0.102. The van der Waals surface area contributed by atoms with Crippen molar-refractivity contribution in [3.63, 3.8) is 0 Å². The van der Waals surface area contributed by atoms with Crippen molar-refractivity contribution in [2.24, 2.45) is 0 Å². The minimum absolute atomic E-state index is 0.0551. The molecule has 0 bridgehead atoms. The number of nitrogens with one attached hydrogen (secondary N) is 1. The van der Waals surface area contributed by atoms with Crippen molar-refractivity contribution < 1.29 is 26.1 Å². The number of hydrogen-bond donors (Lipinski definition) is 1. The molecule has 1 aliphatic rings. The van der Waals surface area contributed by atoms with E-state index in [9.17, 15) is 21.6 Å². The third-order valence-corrected chi connectivity index (χ3v) is 7.43. The predicted molar refractivity (Wildman–Crippen MR) is 91.2 cm³/mol. The molecule has 10 heteroatoms. The van der Waals surface area contributed by atoms with Gasteiger partial charge in [0.1, 0.15) is 4.21 Å². The maximum atomic E-state index is 12.6. The highest BCUT2D eigenvalue weighted by atomic mass is 32.2. The van der Waals surface area contributed by atoms with Gasteiger partial charge in [-0.2, -0.15) is 13.2 Å². The molecule has 2 heterocycles. The molecule has 144 valence electrons. The predicted octanol–water partition coefficient (Wildman–Crippen LogP) is 4.81. The molecule has 1 aliphatic carbocycles. The standard InChI is InChI=1S/C16H19F3N2O3S2/c17-16(18,19)14-10-12(24-20-14)13-8-9-15(25-13)26(22,23)21-11-6-4-2-1-3-5-7-11/h8-11,21H,1-7H2. The maximum absolute atomic E-state index is 12.6. The first-order chi connectivity index (χ1) is 12.3. The van der Waals surface area contributed by atoms with Gasteiger partial charge in [0.2, 0.25) is 10.0 Å². The van der Waals surface area contributed by atoms with Crippen molar-refractivity contribution in [3.8, 4) is 10.6 Å². The van der Waals surface area contributed by atoms with Gasteiger partial charge in [0.25, 0.3) is 0 Å². The third-order valence-electron chi connectivity index (χ3n) is 4.32. The fraction of sp³-hybridized carbons (Fsp3) is 0.562. The summed E-state index contributed by atoms with van der Waals surface area (Å²) in [6, 6.07) is 3.47. The van der Waals surface area contributed by atoms with E-state index in [1.807, 2.05) is 0 Å². The Bertz CT molecular complexity index is 835. The summed E-state index contributed by atoms with van der Waals surface area (Å²) in [6.07, 6.45) is 2.37. The van der Waals surface area contributed by atoms with Gasteiger partial charge in [-0.25, -0.2) is 13.1 Å². The van der Waals surface area contributed by atoms with E-state index in [1.165, 1.54) is 18.6 Å². The molecule has 0 atom stereocenters. The SMILES string of the molecule is O=S(=O)(NC1CCCCCCC1)c1ccc(-c2cc(C(F)(F)F)no2)s1. The highest BCUT2D eigenvalue weighted by Gasteiger charge is 2.35. The van der Waals surface area contributed by atoms with Crippen LogP contribution in [0.25, 0.3) is 10.6 Å². The van der Waals surface area contributed by atoms with Crippen molar-refractivity contribution in [1.29, 1.82) is 0 Å². The number of aromatic nitrogens is 1. The Hall–Kier alpha value is -1.39. The van der Waals surface area contributed by atoms with E-state index < -0.39 is 21.9 Å². The van der Waals surface area contributed by atoms with E-state index in [-0.39, 0.29) is 20.9 Å². The Morgan fingerprint density at radius 3 is 2.38 bits per heavy atom. The van der Waals surface area contributed by atoms with Gasteiger partial charge in [0.15, 0.2) is 11.5 Å². The number of rotatable bonds is 4. The Morgan fingerprint density at radius 2 is 1.77 bits per heavy atom. The number of alkyl halides is 3. The minimum Gasteiger partial charge on any atom is -0.355 e. The number of nitrogens with zero attached hydrogens (tertiary/aromatic N) is 1. The minimum atomic E-state index is -4.60. The van der Waals surface area contributed by atoms with Crippen LogP contribution in [-0.2, 0) is 16.2 Å². The molecule has 0 saturated heterocycles. The third kappa shape index (κ3) is 4.66. The van der Waals surface area contributed by atoms with Gasteiger partial charge in [0.05, 0.1) is 4.88 Å². The monoisotopic (exact) mass is 408 g/mol. The van der Waals surface area contributed by atoms with Crippen LogP contribution in [0.5, 0.6) is 0 Å². The molecule has 0 amide bonds. The number of sulfonamides is 1. The molecular weight excluding hydrogens is 389 g/mol. The molecule has 3 rings (SSSR count). The van der Waals surface area contributed by atoms with Crippen LogP contribution in [0.1, 0.15) is 50.6 Å². The van der Waals surface area contributed by atoms with Gasteiger partial charge < -0.3 is 4.52 Å². The lowest BCUT2D eigenvalue weighted by Gasteiger charge is -2.20. The van der Waals surface area contributed by atoms with E-state index in [4.69, 9.17) is 4.52 Å². The van der Waals surface area contributed by atoms with Crippen LogP contribution in [0.2, 0.25) is 0 Å². The molecule has 0 radical (unpaired) electrons. The van der Waals surface area contributed by atoms with Gasteiger partial charge in [-0.15, -0.1) is 11.3 Å². The molecule has 1 N–H and O–H groups in total. The lowest BCUT2D eigenvalue weighted by atomic mass is 9.97. The Kier molecular flexibility index (Phi) is 5.73. The van der Waals surface area contributed by atoms with Crippen LogP contribution in [-0.4, -0.2) is 19.6 Å². The fourth-order valence-corrected chi connectivity index (χ4v) is 5.55. The van der Waals surface area contributed by atoms with Crippen LogP contribution in [0, 0.1) is 0 Å². The van der Waals surface area contributed by atoms with E-state index in [0.29, 0.717) is 0 Å². The van der Waals surface area contributed by atoms with Crippen LogP contribution >= 0.6 is 11.3 Å². The van der Waals surface area contributed by atoms with Crippen LogP contribution in [0.15, 0.2) is 26.9 Å². The van der Waals surface area contributed by atoms with Crippen molar-refractivity contribution in [3.05, 3.63) is 23.9 Å². The molecule has 5 nitrogen and oxygen atoms in total. The number of thiophene rings is 1. The normalized spacial score (nSPS) is 17.8. The second kappa shape index (κ2) is 7.69. The van der Waals surface area contributed by atoms with Crippen LogP contribution in [0.3, 0.4) is 0 Å². The highest BCUT2D eigenvalue weighted by Crippen LogP contribution is 2.35. The van der Waals surface area contributed by atoms with E-state index in [2.05, 4.69) is 9.88 Å². The molecule has 2 aromatic heterocycles. The quantitative estimate of drug-likeness (QED) is 0.788. The first-order valence-electron chi connectivity index (χ1n) is 8.42. The van der Waals surface area contributed by atoms with Crippen molar-refractivity contribution in [1.82, 2.24) is 9.88 Å².